The summed E-state index contributed by atoms with van der Waals surface area (Å²) in [5.41, 5.74) is 7.78. The van der Waals surface area contributed by atoms with Crippen LogP contribution in [0.25, 0.3) is 22.2 Å². The van der Waals surface area contributed by atoms with Crippen molar-refractivity contribution in [3.63, 3.8) is 0 Å². The molecule has 3 aromatic rings. The van der Waals surface area contributed by atoms with Gasteiger partial charge in [-0.05, 0) is 49.4 Å². The van der Waals surface area contributed by atoms with Crippen molar-refractivity contribution in [2.75, 3.05) is 50.0 Å². The molecular formula is C31H39F2N7O2. The number of nitrogen functional groups attached to an aromatic ring is 1. The summed E-state index contributed by atoms with van der Waals surface area (Å²) in [7, 11) is 0. The highest BCUT2D eigenvalue weighted by Crippen LogP contribution is 2.44. The van der Waals surface area contributed by atoms with Crippen molar-refractivity contribution in [3.8, 4) is 23.1 Å². The normalized spacial score (nSPS) is 27.5. The van der Waals surface area contributed by atoms with E-state index in [0.29, 0.717) is 54.4 Å². The smallest absolute Gasteiger partial charge is 0.319 e. The zero-order valence-corrected chi connectivity index (χ0v) is 24.7. The Hall–Kier alpha value is -3.31. The van der Waals surface area contributed by atoms with Gasteiger partial charge in [0, 0.05) is 43.9 Å². The molecule has 4 atom stereocenters. The summed E-state index contributed by atoms with van der Waals surface area (Å²) < 4.78 is 44.0. The van der Waals surface area contributed by atoms with E-state index in [1.807, 2.05) is 19.1 Å². The second-order valence-corrected chi connectivity index (χ2v) is 13.3. The van der Waals surface area contributed by atoms with Crippen LogP contribution in [0.15, 0.2) is 18.2 Å². The lowest BCUT2D eigenvalue weighted by Crippen LogP contribution is -2.56. The van der Waals surface area contributed by atoms with Gasteiger partial charge in [-0.1, -0.05) is 26.8 Å². The number of pyridine rings is 1. The first-order valence-corrected chi connectivity index (χ1v) is 15.0. The van der Waals surface area contributed by atoms with E-state index >= 15 is 4.39 Å². The van der Waals surface area contributed by atoms with Crippen LogP contribution >= 0.6 is 0 Å². The van der Waals surface area contributed by atoms with Gasteiger partial charge in [-0.2, -0.15) is 9.97 Å². The first-order valence-electron chi connectivity index (χ1n) is 15.0. The highest BCUT2D eigenvalue weighted by molar-refractivity contribution is 5.97. The third-order valence-electron chi connectivity index (χ3n) is 9.44. The number of ether oxygens (including phenoxy) is 2. The Balaban J connectivity index is 1.41. The summed E-state index contributed by atoms with van der Waals surface area (Å²) in [6.07, 6.45) is 1.16. The zero-order chi connectivity index (χ0) is 29.4. The van der Waals surface area contributed by atoms with Gasteiger partial charge in [-0.15, -0.1) is 0 Å². The molecular weight excluding hydrogens is 540 g/mol. The van der Waals surface area contributed by atoms with Gasteiger partial charge in [-0.3, -0.25) is 4.90 Å². The van der Waals surface area contributed by atoms with Crippen LogP contribution < -0.4 is 25.4 Å². The molecule has 4 aliphatic heterocycles. The SMILES string of the molecule is C[C@@H]1Oc2nc(-c3cc(N)ccc3C(C)(C)C)c(F)c3nc(OC[C@@]45CCCN4C[C@H](F)C5)nc(c23)N2CCNC[C@@H]12. The fraction of sp³-hybridized carbons (Fsp3) is 0.581. The van der Waals surface area contributed by atoms with Crippen LogP contribution in [0, 0.1) is 5.82 Å². The summed E-state index contributed by atoms with van der Waals surface area (Å²) in [6, 6.07) is 5.55. The van der Waals surface area contributed by atoms with Crippen LogP contribution in [0.4, 0.5) is 20.3 Å². The zero-order valence-electron chi connectivity index (χ0n) is 24.7. The predicted octanol–water partition coefficient (Wildman–Crippen LogP) is 4.22. The van der Waals surface area contributed by atoms with Crippen LogP contribution in [0.1, 0.15) is 52.5 Å². The number of piperazine rings is 1. The molecule has 3 fully saturated rings. The van der Waals surface area contributed by atoms with Crippen LogP contribution in [0.5, 0.6) is 11.9 Å². The van der Waals surface area contributed by atoms with Crippen molar-refractivity contribution in [3.05, 3.63) is 29.6 Å². The van der Waals surface area contributed by atoms with Crippen LogP contribution in [-0.4, -0.2) is 83.0 Å². The first kappa shape index (κ1) is 27.5. The number of alkyl halides is 1. The molecule has 0 amide bonds. The Bertz CT molecular complexity index is 1550. The van der Waals surface area contributed by atoms with E-state index in [-0.39, 0.29) is 46.9 Å². The fourth-order valence-corrected chi connectivity index (χ4v) is 7.36. The van der Waals surface area contributed by atoms with E-state index in [2.05, 4.69) is 40.9 Å². The first-order chi connectivity index (χ1) is 20.0. The lowest BCUT2D eigenvalue weighted by atomic mass is 9.82. The number of hydrogen-bond acceptors (Lipinski definition) is 9. The number of fused-ring (bicyclic) bond motifs is 3. The number of aromatic nitrogens is 3. The standard InChI is InChI=1S/C31H39F2N7O2/c1-17-22-14-35-9-11-40(22)27-23-26(37-29(38-27)41-16-31-8-5-10-39(31)15-18(32)13-31)24(33)25(36-28(23)42-17)20-12-19(34)6-7-21(20)30(2,3)4/h6-7,12,17-18,22,35H,5,8-11,13-16,34H2,1-4H3/t17-,18+,22-,31-/m0/s1. The van der Waals surface area contributed by atoms with Crippen LogP contribution in [-0.2, 0) is 5.41 Å². The number of rotatable bonds is 4. The van der Waals surface area contributed by atoms with Gasteiger partial charge in [0.2, 0.25) is 5.88 Å². The Labute approximate surface area is 244 Å². The highest BCUT2D eigenvalue weighted by atomic mass is 19.1. The summed E-state index contributed by atoms with van der Waals surface area (Å²) in [6.45, 7) is 11.9. The summed E-state index contributed by atoms with van der Waals surface area (Å²) in [4.78, 5) is 18.7. The lowest BCUT2D eigenvalue weighted by molar-refractivity contribution is 0.107. The summed E-state index contributed by atoms with van der Waals surface area (Å²) in [5, 5.41) is 3.88. The van der Waals surface area contributed by atoms with Crippen molar-refractivity contribution < 1.29 is 18.3 Å². The third kappa shape index (κ3) is 4.43. The second-order valence-electron chi connectivity index (χ2n) is 13.3. The fourth-order valence-electron chi connectivity index (χ4n) is 7.36. The molecule has 2 aromatic heterocycles. The molecule has 0 spiro atoms. The average molecular weight is 580 g/mol. The Kier molecular flexibility index (Phi) is 6.47. The molecule has 1 aromatic carbocycles. The minimum Gasteiger partial charge on any atom is -0.472 e. The van der Waals surface area contributed by atoms with Crippen molar-refractivity contribution in [1.29, 1.82) is 0 Å². The van der Waals surface area contributed by atoms with Gasteiger partial charge in [-0.25, -0.2) is 13.8 Å². The Morgan fingerprint density at radius 3 is 2.86 bits per heavy atom. The Morgan fingerprint density at radius 2 is 2.05 bits per heavy atom. The number of nitrogens with one attached hydrogen (secondary N) is 1. The van der Waals surface area contributed by atoms with Gasteiger partial charge < -0.3 is 25.4 Å². The van der Waals surface area contributed by atoms with E-state index in [9.17, 15) is 4.39 Å². The molecule has 4 aliphatic rings. The van der Waals surface area contributed by atoms with Crippen LogP contribution in [0.3, 0.4) is 0 Å². The predicted molar refractivity (Wildman–Crippen MR) is 158 cm³/mol. The molecule has 42 heavy (non-hydrogen) atoms. The van der Waals surface area contributed by atoms with Crippen molar-refractivity contribution in [2.45, 2.75) is 76.2 Å². The number of nitrogens with zero attached hydrogens (tertiary/aromatic N) is 5. The highest BCUT2D eigenvalue weighted by Gasteiger charge is 2.49. The van der Waals surface area contributed by atoms with E-state index in [0.717, 1.165) is 31.5 Å². The molecule has 6 heterocycles. The quantitative estimate of drug-likeness (QED) is 0.440. The topological polar surface area (TPSA) is 102 Å². The number of benzene rings is 1. The third-order valence-corrected chi connectivity index (χ3v) is 9.44. The summed E-state index contributed by atoms with van der Waals surface area (Å²) in [5.74, 6) is 0.273. The van der Waals surface area contributed by atoms with Crippen LogP contribution in [0.2, 0.25) is 0 Å². The maximum Gasteiger partial charge on any atom is 0.319 e. The van der Waals surface area contributed by atoms with Gasteiger partial charge in [0.05, 0.1) is 11.6 Å². The molecule has 224 valence electrons. The largest absolute Gasteiger partial charge is 0.472 e. The van der Waals surface area contributed by atoms with Crippen molar-refractivity contribution in [1.82, 2.24) is 25.2 Å². The molecule has 0 aliphatic carbocycles. The summed E-state index contributed by atoms with van der Waals surface area (Å²) >= 11 is 0. The molecule has 7 rings (SSSR count). The number of hydrogen-bond donors (Lipinski definition) is 2. The second kappa shape index (κ2) is 9.87. The minimum absolute atomic E-state index is 0.0473. The van der Waals surface area contributed by atoms with Gasteiger partial charge in [0.15, 0.2) is 5.82 Å². The molecule has 11 heteroatoms. The molecule has 0 bridgehead atoms. The molecule has 0 unspecified atom stereocenters. The van der Waals surface area contributed by atoms with Crippen molar-refractivity contribution in [2.24, 2.45) is 0 Å². The number of halogens is 2. The van der Waals surface area contributed by atoms with E-state index in [1.165, 1.54) is 0 Å². The maximum atomic E-state index is 16.8. The van der Waals surface area contributed by atoms with Gasteiger partial charge >= 0.3 is 6.01 Å². The molecule has 3 saturated heterocycles. The maximum absolute atomic E-state index is 16.8. The lowest BCUT2D eigenvalue weighted by Gasteiger charge is -2.38. The monoisotopic (exact) mass is 579 g/mol. The average Bonchev–Trinajstić information content (AvgIpc) is 3.44. The Morgan fingerprint density at radius 1 is 1.21 bits per heavy atom. The number of anilines is 2. The number of nitrogens with two attached hydrogens (primary N) is 1. The van der Waals surface area contributed by atoms with Gasteiger partial charge in [0.1, 0.15) is 41.3 Å². The van der Waals surface area contributed by atoms with Crippen molar-refractivity contribution >= 4 is 22.4 Å². The minimum atomic E-state index is -0.875. The van der Waals surface area contributed by atoms with Gasteiger partial charge in [0.25, 0.3) is 0 Å². The molecule has 0 saturated carbocycles. The van der Waals surface area contributed by atoms with E-state index < -0.39 is 12.0 Å². The molecule has 0 radical (unpaired) electrons. The molecule has 3 N–H and O–H groups in total. The van der Waals surface area contributed by atoms with E-state index in [1.54, 1.807) is 6.07 Å². The van der Waals surface area contributed by atoms with E-state index in [4.69, 9.17) is 25.2 Å². The molecule has 9 nitrogen and oxygen atoms in total.